The number of amides is 2. The van der Waals surface area contributed by atoms with Crippen molar-refractivity contribution in [3.8, 4) is 22.0 Å². The number of hydrogen-bond acceptors (Lipinski definition) is 5. The molecule has 0 aliphatic heterocycles. The summed E-state index contributed by atoms with van der Waals surface area (Å²) in [6.45, 7) is 4.29. The standard InChI is InChI=1S/C18H19N5O2S/c1-11-14(17(19)25)8-16(23(11)7-6-21-12(2)24)15-10-26-18(22-15)13-4-3-5-20-9-13/h3-5,8-10H,6-7H2,1-2H3,(H2,19,25)(H,21,24). The van der Waals surface area contributed by atoms with Crippen LogP contribution >= 0.6 is 11.3 Å². The molecule has 0 unspecified atom stereocenters. The Bertz CT molecular complexity index is 946. The highest BCUT2D eigenvalue weighted by Crippen LogP contribution is 2.31. The molecule has 2 amide bonds. The SMILES string of the molecule is CC(=O)NCCn1c(-c2csc(-c3cccnc3)n2)cc(C(N)=O)c1C. The number of rotatable bonds is 6. The fourth-order valence-corrected chi connectivity index (χ4v) is 3.56. The van der Waals surface area contributed by atoms with Gasteiger partial charge in [-0.2, -0.15) is 0 Å². The predicted molar refractivity (Wildman–Crippen MR) is 101 cm³/mol. The molecular weight excluding hydrogens is 350 g/mol. The first-order chi connectivity index (χ1) is 12.5. The molecule has 8 heteroatoms. The number of pyridine rings is 1. The molecule has 3 heterocycles. The van der Waals surface area contributed by atoms with E-state index in [9.17, 15) is 9.59 Å². The summed E-state index contributed by atoms with van der Waals surface area (Å²) in [7, 11) is 0. The average molecular weight is 369 g/mol. The maximum atomic E-state index is 11.7. The van der Waals surface area contributed by atoms with E-state index in [1.54, 1.807) is 18.5 Å². The fraction of sp³-hybridized carbons (Fsp3) is 0.222. The molecule has 0 aliphatic carbocycles. The van der Waals surface area contributed by atoms with Crippen molar-refractivity contribution in [2.45, 2.75) is 20.4 Å². The van der Waals surface area contributed by atoms with Crippen LogP contribution in [0.5, 0.6) is 0 Å². The first-order valence-electron chi connectivity index (χ1n) is 8.08. The Morgan fingerprint density at radius 2 is 2.19 bits per heavy atom. The second-order valence-corrected chi connectivity index (χ2v) is 6.67. The Morgan fingerprint density at radius 1 is 1.38 bits per heavy atom. The van der Waals surface area contributed by atoms with Gasteiger partial charge in [0.2, 0.25) is 5.91 Å². The van der Waals surface area contributed by atoms with Crippen molar-refractivity contribution in [2.24, 2.45) is 5.73 Å². The largest absolute Gasteiger partial charge is 0.366 e. The maximum Gasteiger partial charge on any atom is 0.250 e. The molecule has 0 aliphatic rings. The number of primary amides is 1. The molecular formula is C18H19N5O2S. The number of carbonyl (C=O) groups excluding carboxylic acids is 2. The third-order valence-electron chi connectivity index (χ3n) is 4.02. The maximum absolute atomic E-state index is 11.7. The molecule has 3 aromatic heterocycles. The van der Waals surface area contributed by atoms with Crippen LogP contribution in [0.15, 0.2) is 36.0 Å². The van der Waals surface area contributed by atoms with Crippen LogP contribution in [-0.2, 0) is 11.3 Å². The van der Waals surface area contributed by atoms with Gasteiger partial charge in [0.1, 0.15) is 5.01 Å². The average Bonchev–Trinajstić information content (AvgIpc) is 3.21. The minimum Gasteiger partial charge on any atom is -0.366 e. The number of hydrogen-bond donors (Lipinski definition) is 2. The van der Waals surface area contributed by atoms with Crippen molar-refractivity contribution < 1.29 is 9.59 Å². The van der Waals surface area contributed by atoms with E-state index in [-0.39, 0.29) is 5.91 Å². The summed E-state index contributed by atoms with van der Waals surface area (Å²) in [6, 6.07) is 5.57. The molecule has 3 N–H and O–H groups in total. The van der Waals surface area contributed by atoms with Crippen molar-refractivity contribution in [1.82, 2.24) is 19.9 Å². The molecule has 3 rings (SSSR count). The van der Waals surface area contributed by atoms with Gasteiger partial charge in [0.05, 0.1) is 17.0 Å². The van der Waals surface area contributed by atoms with Crippen LogP contribution in [-0.4, -0.2) is 32.9 Å². The van der Waals surface area contributed by atoms with Gasteiger partial charge in [0, 0.05) is 49.0 Å². The van der Waals surface area contributed by atoms with Gasteiger partial charge in [-0.1, -0.05) is 0 Å². The molecule has 0 aromatic carbocycles. The van der Waals surface area contributed by atoms with Gasteiger partial charge in [-0.3, -0.25) is 14.6 Å². The van der Waals surface area contributed by atoms with Crippen molar-refractivity contribution in [2.75, 3.05) is 6.54 Å². The normalized spacial score (nSPS) is 10.7. The van der Waals surface area contributed by atoms with Crippen molar-refractivity contribution >= 4 is 23.2 Å². The van der Waals surface area contributed by atoms with Crippen molar-refractivity contribution in [3.05, 3.63) is 47.2 Å². The first kappa shape index (κ1) is 17.8. The highest BCUT2D eigenvalue weighted by atomic mass is 32.1. The lowest BCUT2D eigenvalue weighted by Crippen LogP contribution is -2.25. The fourth-order valence-electron chi connectivity index (χ4n) is 2.75. The molecule has 0 spiro atoms. The summed E-state index contributed by atoms with van der Waals surface area (Å²) in [5.74, 6) is -0.580. The molecule has 134 valence electrons. The number of nitrogens with two attached hydrogens (primary N) is 1. The topological polar surface area (TPSA) is 103 Å². The number of carbonyl (C=O) groups is 2. The van der Waals surface area contributed by atoms with Crippen LogP contribution in [0, 0.1) is 6.92 Å². The molecule has 3 aromatic rings. The summed E-state index contributed by atoms with van der Waals surface area (Å²) >= 11 is 1.51. The summed E-state index contributed by atoms with van der Waals surface area (Å²) in [5.41, 5.74) is 9.21. The number of nitrogens with one attached hydrogen (secondary N) is 1. The van der Waals surface area contributed by atoms with Gasteiger partial charge in [-0.15, -0.1) is 11.3 Å². The van der Waals surface area contributed by atoms with E-state index in [0.29, 0.717) is 18.7 Å². The minimum absolute atomic E-state index is 0.0981. The molecule has 0 radical (unpaired) electrons. The van der Waals surface area contributed by atoms with Crippen LogP contribution in [0.2, 0.25) is 0 Å². The van der Waals surface area contributed by atoms with E-state index < -0.39 is 5.91 Å². The lowest BCUT2D eigenvalue weighted by Gasteiger charge is -2.11. The van der Waals surface area contributed by atoms with E-state index in [1.165, 1.54) is 18.3 Å². The Kier molecular flexibility index (Phi) is 5.13. The zero-order chi connectivity index (χ0) is 18.7. The summed E-state index contributed by atoms with van der Waals surface area (Å²) in [6.07, 6.45) is 3.48. The van der Waals surface area contributed by atoms with Crippen LogP contribution in [0.25, 0.3) is 22.0 Å². The van der Waals surface area contributed by atoms with Crippen LogP contribution < -0.4 is 11.1 Å². The lowest BCUT2D eigenvalue weighted by molar-refractivity contribution is -0.118. The number of aromatic nitrogens is 3. The smallest absolute Gasteiger partial charge is 0.250 e. The Balaban J connectivity index is 1.98. The van der Waals surface area contributed by atoms with Gasteiger partial charge in [-0.05, 0) is 25.1 Å². The van der Waals surface area contributed by atoms with Gasteiger partial charge < -0.3 is 15.6 Å². The van der Waals surface area contributed by atoms with Gasteiger partial charge in [0.25, 0.3) is 5.91 Å². The quantitative estimate of drug-likeness (QED) is 0.695. The molecule has 26 heavy (non-hydrogen) atoms. The van der Waals surface area contributed by atoms with E-state index in [4.69, 9.17) is 5.73 Å². The molecule has 0 saturated carbocycles. The summed E-state index contributed by atoms with van der Waals surface area (Å²) < 4.78 is 1.96. The second kappa shape index (κ2) is 7.49. The van der Waals surface area contributed by atoms with Gasteiger partial charge in [0.15, 0.2) is 0 Å². The summed E-state index contributed by atoms with van der Waals surface area (Å²) in [4.78, 5) is 31.7. The number of thiazole rings is 1. The van der Waals surface area contributed by atoms with Gasteiger partial charge in [-0.25, -0.2) is 4.98 Å². The Hall–Kier alpha value is -3.00. The third-order valence-corrected chi connectivity index (χ3v) is 4.91. The lowest BCUT2D eigenvalue weighted by atomic mass is 10.2. The third kappa shape index (κ3) is 3.65. The minimum atomic E-state index is -0.482. The second-order valence-electron chi connectivity index (χ2n) is 5.81. The van der Waals surface area contributed by atoms with Gasteiger partial charge >= 0.3 is 0 Å². The highest BCUT2D eigenvalue weighted by Gasteiger charge is 2.18. The Labute approximate surface area is 154 Å². The highest BCUT2D eigenvalue weighted by molar-refractivity contribution is 7.13. The van der Waals surface area contributed by atoms with E-state index in [2.05, 4.69) is 15.3 Å². The first-order valence-corrected chi connectivity index (χ1v) is 8.96. The Morgan fingerprint density at radius 3 is 2.85 bits per heavy atom. The summed E-state index contributed by atoms with van der Waals surface area (Å²) in [5, 5.41) is 5.56. The monoisotopic (exact) mass is 369 g/mol. The van der Waals surface area contributed by atoms with E-state index in [0.717, 1.165) is 27.7 Å². The molecule has 0 fully saturated rings. The molecule has 0 bridgehead atoms. The van der Waals surface area contributed by atoms with E-state index in [1.807, 2.05) is 29.0 Å². The van der Waals surface area contributed by atoms with Crippen LogP contribution in [0.4, 0.5) is 0 Å². The number of nitrogens with zero attached hydrogens (tertiary/aromatic N) is 3. The molecule has 0 saturated heterocycles. The zero-order valence-electron chi connectivity index (χ0n) is 14.5. The zero-order valence-corrected chi connectivity index (χ0v) is 15.3. The predicted octanol–water partition coefficient (Wildman–Crippen LogP) is 2.22. The van der Waals surface area contributed by atoms with Crippen molar-refractivity contribution in [3.63, 3.8) is 0 Å². The van der Waals surface area contributed by atoms with Crippen LogP contribution in [0.1, 0.15) is 23.0 Å². The molecule has 0 atom stereocenters. The molecule has 7 nitrogen and oxygen atoms in total. The van der Waals surface area contributed by atoms with E-state index >= 15 is 0 Å². The van der Waals surface area contributed by atoms with Crippen molar-refractivity contribution in [1.29, 1.82) is 0 Å². The van der Waals surface area contributed by atoms with Crippen LogP contribution in [0.3, 0.4) is 0 Å².